The molecule has 1 atom stereocenters. The van der Waals surface area contributed by atoms with Crippen LogP contribution in [0.1, 0.15) is 22.3 Å². The summed E-state index contributed by atoms with van der Waals surface area (Å²) >= 11 is 1.97. The van der Waals surface area contributed by atoms with Gasteiger partial charge >= 0.3 is 0 Å². The minimum Gasteiger partial charge on any atom is -0.399 e. The topological polar surface area (TPSA) is 67.6 Å². The van der Waals surface area contributed by atoms with Crippen LogP contribution in [0.5, 0.6) is 0 Å². The molecular weight excluding hydrogens is 381 g/mol. The van der Waals surface area contributed by atoms with Crippen LogP contribution >= 0.6 is 36.6 Å². The Morgan fingerprint density at radius 2 is 2.08 bits per heavy atom. The number of halogens is 2. The first-order valence-corrected chi connectivity index (χ1v) is 9.31. The lowest BCUT2D eigenvalue weighted by atomic mass is 9.95. The van der Waals surface area contributed by atoms with Crippen LogP contribution in [0, 0.1) is 6.92 Å². The van der Waals surface area contributed by atoms with Gasteiger partial charge in [-0.15, -0.1) is 24.8 Å². The van der Waals surface area contributed by atoms with Crippen molar-refractivity contribution in [3.63, 3.8) is 0 Å². The molecule has 3 N–H and O–H groups in total. The molecule has 0 aliphatic carbocycles. The number of benzene rings is 1. The molecule has 1 amide bonds. The molecule has 142 valence electrons. The molecule has 2 fully saturated rings. The second-order valence-electron chi connectivity index (χ2n) is 6.38. The van der Waals surface area contributed by atoms with E-state index in [0.29, 0.717) is 17.8 Å². The van der Waals surface area contributed by atoms with Crippen LogP contribution in [0.4, 0.5) is 5.69 Å². The number of amides is 1. The van der Waals surface area contributed by atoms with Gasteiger partial charge in [-0.25, -0.2) is 0 Å². The number of aryl methyl sites for hydroxylation is 1. The average Bonchev–Trinajstić information content (AvgIpc) is 3.06. The smallest absolute Gasteiger partial charge is 0.251 e. The van der Waals surface area contributed by atoms with Crippen molar-refractivity contribution in [2.75, 3.05) is 50.1 Å². The predicted octanol–water partition coefficient (Wildman–Crippen LogP) is 2.36. The molecule has 1 unspecified atom stereocenters. The third-order valence-corrected chi connectivity index (χ3v) is 6.08. The van der Waals surface area contributed by atoms with Gasteiger partial charge in [-0.1, -0.05) is 6.07 Å². The SMILES string of the molecule is Cc1ccc(N)cc1C(=O)NCC1(N2CCOCC2)CCSC1.Cl.Cl. The van der Waals surface area contributed by atoms with Crippen molar-refractivity contribution in [3.05, 3.63) is 29.3 Å². The van der Waals surface area contributed by atoms with Gasteiger partial charge < -0.3 is 15.8 Å². The van der Waals surface area contributed by atoms with Gasteiger partial charge in [0.1, 0.15) is 0 Å². The molecule has 25 heavy (non-hydrogen) atoms. The van der Waals surface area contributed by atoms with Crippen LogP contribution in [0.3, 0.4) is 0 Å². The molecule has 5 nitrogen and oxygen atoms in total. The van der Waals surface area contributed by atoms with Gasteiger partial charge in [0.2, 0.25) is 0 Å². The lowest BCUT2D eigenvalue weighted by Gasteiger charge is -2.43. The fourth-order valence-corrected chi connectivity index (χ4v) is 4.84. The Bertz CT molecular complexity index is 577. The van der Waals surface area contributed by atoms with E-state index in [1.165, 1.54) is 0 Å². The summed E-state index contributed by atoms with van der Waals surface area (Å²) < 4.78 is 5.48. The fraction of sp³-hybridized carbons (Fsp3) is 0.588. The number of nitrogens with one attached hydrogen (secondary N) is 1. The highest BCUT2D eigenvalue weighted by molar-refractivity contribution is 7.99. The van der Waals surface area contributed by atoms with E-state index in [0.717, 1.165) is 49.8 Å². The molecule has 0 bridgehead atoms. The number of thioether (sulfide) groups is 1. The summed E-state index contributed by atoms with van der Waals surface area (Å²) in [5, 5.41) is 3.16. The highest BCUT2D eigenvalue weighted by atomic mass is 35.5. The van der Waals surface area contributed by atoms with Crippen LogP contribution < -0.4 is 11.1 Å². The van der Waals surface area contributed by atoms with Crippen LogP contribution in [0.2, 0.25) is 0 Å². The molecule has 1 aromatic rings. The second kappa shape index (κ2) is 9.88. The molecule has 0 aromatic heterocycles. The van der Waals surface area contributed by atoms with Crippen molar-refractivity contribution < 1.29 is 9.53 Å². The number of anilines is 1. The second-order valence-corrected chi connectivity index (χ2v) is 7.49. The van der Waals surface area contributed by atoms with E-state index < -0.39 is 0 Å². The number of hydrogen-bond donors (Lipinski definition) is 2. The van der Waals surface area contributed by atoms with Crippen molar-refractivity contribution in [3.8, 4) is 0 Å². The van der Waals surface area contributed by atoms with Gasteiger partial charge in [0.25, 0.3) is 5.91 Å². The Kier molecular flexibility index (Phi) is 8.84. The number of hydrogen-bond acceptors (Lipinski definition) is 5. The van der Waals surface area contributed by atoms with Crippen LogP contribution in [-0.4, -0.2) is 60.7 Å². The fourth-order valence-electron chi connectivity index (χ4n) is 3.36. The minimum atomic E-state index is -0.0284. The van der Waals surface area contributed by atoms with Crippen molar-refractivity contribution in [2.24, 2.45) is 0 Å². The lowest BCUT2D eigenvalue weighted by Crippen LogP contribution is -2.59. The summed E-state index contributed by atoms with van der Waals surface area (Å²) in [6, 6.07) is 5.48. The third kappa shape index (κ3) is 5.17. The predicted molar refractivity (Wildman–Crippen MR) is 109 cm³/mol. The lowest BCUT2D eigenvalue weighted by molar-refractivity contribution is -0.0129. The zero-order valence-corrected chi connectivity index (χ0v) is 16.9. The van der Waals surface area contributed by atoms with Crippen LogP contribution in [0.15, 0.2) is 18.2 Å². The monoisotopic (exact) mass is 407 g/mol. The van der Waals surface area contributed by atoms with E-state index in [1.807, 2.05) is 30.8 Å². The van der Waals surface area contributed by atoms with Crippen LogP contribution in [-0.2, 0) is 4.74 Å². The van der Waals surface area contributed by atoms with Crippen molar-refractivity contribution in [1.82, 2.24) is 10.2 Å². The van der Waals surface area contributed by atoms with Crippen LogP contribution in [0.25, 0.3) is 0 Å². The van der Waals surface area contributed by atoms with E-state index >= 15 is 0 Å². The zero-order valence-electron chi connectivity index (χ0n) is 14.5. The number of ether oxygens (including phenoxy) is 1. The Labute approximate surface area is 166 Å². The maximum atomic E-state index is 12.6. The molecular formula is C17H27Cl2N3O2S. The number of nitrogens with zero attached hydrogens (tertiary/aromatic N) is 1. The Balaban J connectivity index is 0.00000156. The minimum absolute atomic E-state index is 0. The quantitative estimate of drug-likeness (QED) is 0.749. The van der Waals surface area contributed by atoms with Gasteiger partial charge in [0.05, 0.1) is 13.2 Å². The molecule has 2 heterocycles. The molecule has 0 spiro atoms. The van der Waals surface area contributed by atoms with Gasteiger partial charge in [-0.3, -0.25) is 9.69 Å². The Hall–Kier alpha value is -0.660. The van der Waals surface area contributed by atoms with E-state index in [-0.39, 0.29) is 36.3 Å². The van der Waals surface area contributed by atoms with Crippen molar-refractivity contribution >= 4 is 48.2 Å². The highest BCUT2D eigenvalue weighted by Gasteiger charge is 2.40. The summed E-state index contributed by atoms with van der Waals surface area (Å²) in [4.78, 5) is 15.1. The molecule has 0 radical (unpaired) electrons. The van der Waals surface area contributed by atoms with Gasteiger partial charge in [-0.05, 0) is 36.8 Å². The number of carbonyl (C=O) groups excluding carboxylic acids is 1. The van der Waals surface area contributed by atoms with Crippen molar-refractivity contribution in [2.45, 2.75) is 18.9 Å². The number of nitrogen functional groups attached to an aromatic ring is 1. The maximum absolute atomic E-state index is 12.6. The summed E-state index contributed by atoms with van der Waals surface area (Å²) in [5.41, 5.74) is 8.14. The first-order valence-electron chi connectivity index (χ1n) is 8.16. The van der Waals surface area contributed by atoms with Gasteiger partial charge in [0.15, 0.2) is 0 Å². The van der Waals surface area contributed by atoms with E-state index in [4.69, 9.17) is 10.5 Å². The summed E-state index contributed by atoms with van der Waals surface area (Å²) in [6.45, 7) is 6.11. The summed E-state index contributed by atoms with van der Waals surface area (Å²) in [7, 11) is 0. The summed E-state index contributed by atoms with van der Waals surface area (Å²) in [6.07, 6.45) is 1.12. The molecule has 8 heteroatoms. The first-order chi connectivity index (χ1) is 11.1. The third-order valence-electron chi connectivity index (χ3n) is 4.85. The molecule has 2 saturated heterocycles. The number of rotatable bonds is 4. The Morgan fingerprint density at radius 3 is 2.72 bits per heavy atom. The van der Waals surface area contributed by atoms with E-state index in [1.54, 1.807) is 6.07 Å². The molecule has 1 aromatic carbocycles. The largest absolute Gasteiger partial charge is 0.399 e. The van der Waals surface area contributed by atoms with Crippen molar-refractivity contribution in [1.29, 1.82) is 0 Å². The number of morpholine rings is 1. The Morgan fingerprint density at radius 1 is 1.36 bits per heavy atom. The molecule has 0 saturated carbocycles. The normalized spacial score (nSPS) is 23.4. The standard InChI is InChI=1S/C17H25N3O2S.2ClH/c1-13-2-3-14(18)10-15(13)16(21)19-11-17(4-9-23-12-17)20-5-7-22-8-6-20;;/h2-3,10H,4-9,11-12,18H2,1H3,(H,19,21);2*1H. The number of carbonyl (C=O) groups is 1. The molecule has 2 aliphatic rings. The first kappa shape index (κ1) is 22.4. The summed E-state index contributed by atoms with van der Waals surface area (Å²) in [5.74, 6) is 2.20. The van der Waals surface area contributed by atoms with Gasteiger partial charge in [-0.2, -0.15) is 11.8 Å². The maximum Gasteiger partial charge on any atom is 0.251 e. The zero-order chi connectivity index (χ0) is 16.3. The molecule has 2 aliphatic heterocycles. The highest BCUT2D eigenvalue weighted by Crippen LogP contribution is 2.33. The number of nitrogens with two attached hydrogens (primary N) is 1. The van der Waals surface area contributed by atoms with Gasteiger partial charge in [0, 0.05) is 42.2 Å². The average molecular weight is 408 g/mol. The molecule has 3 rings (SSSR count). The van der Waals surface area contributed by atoms with E-state index in [9.17, 15) is 4.79 Å². The van der Waals surface area contributed by atoms with E-state index in [2.05, 4.69) is 10.2 Å².